The predicted molar refractivity (Wildman–Crippen MR) is 89.7 cm³/mol. The molecule has 0 aromatic heterocycles. The minimum atomic E-state index is 0.0465. The molecule has 2 atom stereocenters. The van der Waals surface area contributed by atoms with Crippen LogP contribution in [0.3, 0.4) is 0 Å². The number of nitrogens with zero attached hydrogens (tertiary/aromatic N) is 1. The monoisotopic (exact) mass is 278 g/mol. The summed E-state index contributed by atoms with van der Waals surface area (Å²) in [6.45, 7) is 4.35. The van der Waals surface area contributed by atoms with Gasteiger partial charge in [0.1, 0.15) is 0 Å². The second-order valence-corrected chi connectivity index (χ2v) is 5.55. The Kier molecular flexibility index (Phi) is 3.80. The molecule has 2 unspecified atom stereocenters. The Bertz CT molecular complexity index is 635. The zero-order valence-electron chi connectivity index (χ0n) is 12.7. The van der Waals surface area contributed by atoms with Gasteiger partial charge in [-0.1, -0.05) is 49.4 Å². The van der Waals surface area contributed by atoms with Gasteiger partial charge in [-0.05, 0) is 37.1 Å². The van der Waals surface area contributed by atoms with Crippen LogP contribution in [-0.2, 0) is 0 Å². The van der Waals surface area contributed by atoms with Crippen molar-refractivity contribution in [2.45, 2.75) is 26.3 Å². The van der Waals surface area contributed by atoms with Gasteiger partial charge >= 0.3 is 0 Å². The summed E-state index contributed by atoms with van der Waals surface area (Å²) < 4.78 is 0. The highest BCUT2D eigenvalue weighted by atomic mass is 15.2. The van der Waals surface area contributed by atoms with Gasteiger partial charge in [0.2, 0.25) is 0 Å². The van der Waals surface area contributed by atoms with Gasteiger partial charge in [0.15, 0.2) is 0 Å². The Labute approximate surface area is 127 Å². The Morgan fingerprint density at radius 1 is 1.24 bits per heavy atom. The van der Waals surface area contributed by atoms with E-state index < -0.39 is 0 Å². The molecule has 1 aliphatic heterocycles. The maximum Gasteiger partial charge on any atom is 0.0455 e. The molecule has 2 N–H and O–H groups in total. The van der Waals surface area contributed by atoms with Crippen LogP contribution in [-0.4, -0.2) is 6.04 Å². The number of rotatable bonds is 3. The van der Waals surface area contributed by atoms with E-state index in [1.165, 1.54) is 22.7 Å². The summed E-state index contributed by atoms with van der Waals surface area (Å²) >= 11 is 0. The van der Waals surface area contributed by atoms with Crippen molar-refractivity contribution in [2.24, 2.45) is 11.7 Å². The zero-order chi connectivity index (χ0) is 14.8. The van der Waals surface area contributed by atoms with Gasteiger partial charge in [-0.3, -0.25) is 0 Å². The van der Waals surface area contributed by atoms with E-state index >= 15 is 0 Å². The first-order valence-corrected chi connectivity index (χ1v) is 7.60. The largest absolute Gasteiger partial charge is 0.324 e. The molecule has 0 spiro atoms. The third-order valence-corrected chi connectivity index (χ3v) is 4.20. The van der Waals surface area contributed by atoms with Gasteiger partial charge in [0.05, 0.1) is 0 Å². The van der Waals surface area contributed by atoms with Gasteiger partial charge in [-0.25, -0.2) is 0 Å². The third-order valence-electron chi connectivity index (χ3n) is 4.20. The Hall–Kier alpha value is -2.06. The van der Waals surface area contributed by atoms with Crippen molar-refractivity contribution in [3.63, 3.8) is 0 Å². The third kappa shape index (κ3) is 2.36. The molecule has 2 aliphatic rings. The number of hydrogen-bond donors (Lipinski definition) is 1. The normalized spacial score (nSPS) is 24.7. The van der Waals surface area contributed by atoms with Crippen LogP contribution in [0, 0.1) is 5.92 Å². The SMILES string of the molecule is CC/C=C\C1=C(C)N(c2ccccc2)C2=CC=CC(N)C21. The topological polar surface area (TPSA) is 29.3 Å². The summed E-state index contributed by atoms with van der Waals surface area (Å²) in [4.78, 5) is 2.34. The maximum atomic E-state index is 6.36. The van der Waals surface area contributed by atoms with Gasteiger partial charge in [0.25, 0.3) is 0 Å². The number of benzene rings is 1. The highest BCUT2D eigenvalue weighted by molar-refractivity contribution is 5.67. The average Bonchev–Trinajstić information content (AvgIpc) is 2.79. The van der Waals surface area contributed by atoms with Gasteiger partial charge in [-0.2, -0.15) is 0 Å². The van der Waals surface area contributed by atoms with Crippen LogP contribution in [0.1, 0.15) is 20.3 Å². The van der Waals surface area contributed by atoms with Crippen molar-refractivity contribution in [3.05, 3.63) is 77.7 Å². The predicted octanol–water partition coefficient (Wildman–Crippen LogP) is 4.14. The lowest BCUT2D eigenvalue weighted by atomic mass is 9.87. The molecule has 2 nitrogen and oxygen atoms in total. The fraction of sp³-hybridized carbons (Fsp3) is 0.263. The second kappa shape index (κ2) is 5.74. The van der Waals surface area contributed by atoms with E-state index in [1.54, 1.807) is 0 Å². The molecule has 21 heavy (non-hydrogen) atoms. The lowest BCUT2D eigenvalue weighted by Gasteiger charge is -2.28. The lowest BCUT2D eigenvalue weighted by Crippen LogP contribution is -2.33. The van der Waals surface area contributed by atoms with Crippen molar-refractivity contribution >= 4 is 5.69 Å². The van der Waals surface area contributed by atoms with Gasteiger partial charge < -0.3 is 10.6 Å². The van der Waals surface area contributed by atoms with Gasteiger partial charge in [0, 0.05) is 29.0 Å². The van der Waals surface area contributed by atoms with E-state index in [4.69, 9.17) is 5.73 Å². The van der Waals surface area contributed by atoms with Crippen molar-refractivity contribution in [1.82, 2.24) is 0 Å². The molecule has 1 aliphatic carbocycles. The number of para-hydroxylation sites is 1. The molecule has 0 radical (unpaired) electrons. The molecular weight excluding hydrogens is 256 g/mol. The minimum absolute atomic E-state index is 0.0465. The summed E-state index contributed by atoms with van der Waals surface area (Å²) in [5, 5.41) is 0. The molecular formula is C19H22N2. The molecule has 3 rings (SSSR count). The first-order chi connectivity index (χ1) is 10.2. The Balaban J connectivity index is 2.11. The molecule has 1 heterocycles. The van der Waals surface area contributed by atoms with Crippen LogP contribution in [0.5, 0.6) is 0 Å². The highest BCUT2D eigenvalue weighted by Crippen LogP contribution is 2.43. The first-order valence-electron chi connectivity index (χ1n) is 7.60. The van der Waals surface area contributed by atoms with E-state index in [1.807, 2.05) is 0 Å². The zero-order valence-corrected chi connectivity index (χ0v) is 12.7. The van der Waals surface area contributed by atoms with Crippen molar-refractivity contribution < 1.29 is 0 Å². The number of anilines is 1. The van der Waals surface area contributed by atoms with E-state index in [0.717, 1.165) is 6.42 Å². The van der Waals surface area contributed by atoms with Crippen LogP contribution in [0.15, 0.2) is 77.7 Å². The van der Waals surface area contributed by atoms with E-state index in [0.29, 0.717) is 0 Å². The molecule has 0 fully saturated rings. The first kappa shape index (κ1) is 13.9. The smallest absolute Gasteiger partial charge is 0.0455 e. The molecule has 1 aromatic carbocycles. The second-order valence-electron chi connectivity index (χ2n) is 5.55. The summed E-state index contributed by atoms with van der Waals surface area (Å²) in [6.07, 6.45) is 11.9. The van der Waals surface area contributed by atoms with E-state index in [2.05, 4.69) is 79.5 Å². The quantitative estimate of drug-likeness (QED) is 0.900. The molecule has 0 saturated heterocycles. The minimum Gasteiger partial charge on any atom is -0.324 e. The van der Waals surface area contributed by atoms with Crippen LogP contribution in [0.4, 0.5) is 5.69 Å². The van der Waals surface area contributed by atoms with Crippen molar-refractivity contribution in [1.29, 1.82) is 0 Å². The summed E-state index contributed by atoms with van der Waals surface area (Å²) in [5.74, 6) is 0.262. The number of nitrogens with two attached hydrogens (primary N) is 1. The molecule has 1 aromatic rings. The van der Waals surface area contributed by atoms with Crippen LogP contribution in [0.25, 0.3) is 0 Å². The summed E-state index contributed by atoms with van der Waals surface area (Å²) in [7, 11) is 0. The molecule has 0 amide bonds. The average molecular weight is 278 g/mol. The van der Waals surface area contributed by atoms with E-state index in [-0.39, 0.29) is 12.0 Å². The van der Waals surface area contributed by atoms with Crippen molar-refractivity contribution in [2.75, 3.05) is 4.90 Å². The van der Waals surface area contributed by atoms with Crippen LogP contribution < -0.4 is 10.6 Å². The van der Waals surface area contributed by atoms with Crippen molar-refractivity contribution in [3.8, 4) is 0 Å². The number of fused-ring (bicyclic) bond motifs is 1. The fourth-order valence-corrected chi connectivity index (χ4v) is 3.21. The maximum absolute atomic E-state index is 6.36. The summed E-state index contributed by atoms with van der Waals surface area (Å²) in [5.41, 5.74) is 11.5. The molecule has 0 bridgehead atoms. The Morgan fingerprint density at radius 2 is 2.00 bits per heavy atom. The fourth-order valence-electron chi connectivity index (χ4n) is 3.21. The molecule has 2 heteroatoms. The standard InChI is InChI=1S/C19H22N2/c1-3-4-11-16-14(2)21(15-9-6-5-7-10-15)18-13-8-12-17(20)19(16)18/h4-13,17,19H,3,20H2,1-2H3/b11-4-. The molecule has 0 saturated carbocycles. The Morgan fingerprint density at radius 3 is 2.71 bits per heavy atom. The highest BCUT2D eigenvalue weighted by Gasteiger charge is 2.37. The number of hydrogen-bond acceptors (Lipinski definition) is 2. The lowest BCUT2D eigenvalue weighted by molar-refractivity contribution is 0.638. The van der Waals surface area contributed by atoms with Gasteiger partial charge in [-0.15, -0.1) is 0 Å². The van der Waals surface area contributed by atoms with Crippen LogP contribution in [0.2, 0.25) is 0 Å². The number of allylic oxidation sites excluding steroid dienone is 5. The van der Waals surface area contributed by atoms with E-state index in [9.17, 15) is 0 Å². The molecule has 108 valence electrons. The van der Waals surface area contributed by atoms with Crippen LogP contribution >= 0.6 is 0 Å². The summed E-state index contributed by atoms with van der Waals surface area (Å²) in [6, 6.07) is 10.6.